The van der Waals surface area contributed by atoms with Gasteiger partial charge >= 0.3 is 5.92 Å². The van der Waals surface area contributed by atoms with Crippen LogP contribution in [-0.4, -0.2) is 12.1 Å². The Bertz CT molecular complexity index is 939. The number of ether oxygens (including phenoxy) is 1. The predicted molar refractivity (Wildman–Crippen MR) is 79.7 cm³/mol. The van der Waals surface area contributed by atoms with Gasteiger partial charge in [0.15, 0.2) is 22.9 Å². The van der Waals surface area contributed by atoms with Crippen molar-refractivity contribution in [2.24, 2.45) is 0 Å². The fraction of sp³-hybridized carbons (Fsp3) is 0.188. The van der Waals surface area contributed by atoms with Gasteiger partial charge in [0.05, 0.1) is 13.3 Å². The van der Waals surface area contributed by atoms with Gasteiger partial charge in [-0.25, -0.2) is 13.8 Å². The fourth-order valence-electron chi connectivity index (χ4n) is 2.36. The SMILES string of the molecule is COc1cc(C)c(F)c(C(F)(F)c2cc3cc(Cl)ncc3o2)c1F. The van der Waals surface area contributed by atoms with E-state index in [0.29, 0.717) is 0 Å². The van der Waals surface area contributed by atoms with Crippen molar-refractivity contribution in [1.82, 2.24) is 4.98 Å². The molecular formula is C16H10ClF4NO2. The second-order valence-corrected chi connectivity index (χ2v) is 5.52. The molecule has 0 radical (unpaired) electrons. The van der Waals surface area contributed by atoms with E-state index < -0.39 is 34.6 Å². The maximum absolute atomic E-state index is 14.8. The van der Waals surface area contributed by atoms with Crippen LogP contribution in [0.5, 0.6) is 5.75 Å². The summed E-state index contributed by atoms with van der Waals surface area (Å²) in [5.74, 6) is -8.31. The van der Waals surface area contributed by atoms with Crippen LogP contribution in [-0.2, 0) is 5.92 Å². The Morgan fingerprint density at radius 2 is 1.88 bits per heavy atom. The molecule has 3 rings (SSSR count). The van der Waals surface area contributed by atoms with Gasteiger partial charge in [-0.1, -0.05) is 11.6 Å². The molecule has 126 valence electrons. The molecule has 0 aliphatic rings. The van der Waals surface area contributed by atoms with Crippen molar-refractivity contribution in [2.75, 3.05) is 7.11 Å². The highest BCUT2D eigenvalue weighted by atomic mass is 35.5. The normalized spacial score (nSPS) is 12.0. The first-order valence-electron chi connectivity index (χ1n) is 6.72. The van der Waals surface area contributed by atoms with Crippen LogP contribution in [0.2, 0.25) is 5.15 Å². The van der Waals surface area contributed by atoms with Crippen molar-refractivity contribution < 1.29 is 26.7 Å². The first-order valence-corrected chi connectivity index (χ1v) is 7.10. The second kappa shape index (κ2) is 5.66. The molecule has 2 heterocycles. The Morgan fingerprint density at radius 1 is 1.17 bits per heavy atom. The topological polar surface area (TPSA) is 35.3 Å². The summed E-state index contributed by atoms with van der Waals surface area (Å²) in [4.78, 5) is 3.71. The lowest BCUT2D eigenvalue weighted by molar-refractivity contribution is 0.0125. The Balaban J connectivity index is 2.24. The third-order valence-corrected chi connectivity index (χ3v) is 3.77. The van der Waals surface area contributed by atoms with E-state index in [1.165, 1.54) is 13.0 Å². The lowest BCUT2D eigenvalue weighted by atomic mass is 10.0. The van der Waals surface area contributed by atoms with E-state index in [-0.39, 0.29) is 21.7 Å². The number of aromatic nitrogens is 1. The van der Waals surface area contributed by atoms with Crippen LogP contribution >= 0.6 is 11.6 Å². The van der Waals surface area contributed by atoms with Crippen LogP contribution in [0, 0.1) is 18.6 Å². The minimum atomic E-state index is -4.06. The summed E-state index contributed by atoms with van der Waals surface area (Å²) in [6.45, 7) is 1.24. The van der Waals surface area contributed by atoms with E-state index in [2.05, 4.69) is 4.98 Å². The first kappa shape index (κ1) is 16.6. The van der Waals surface area contributed by atoms with Gasteiger partial charge in [0.1, 0.15) is 16.5 Å². The van der Waals surface area contributed by atoms with Crippen LogP contribution in [0.15, 0.2) is 28.8 Å². The maximum atomic E-state index is 14.8. The zero-order valence-corrected chi connectivity index (χ0v) is 13.2. The van der Waals surface area contributed by atoms with Gasteiger partial charge in [-0.2, -0.15) is 8.78 Å². The van der Waals surface area contributed by atoms with Crippen molar-refractivity contribution in [2.45, 2.75) is 12.8 Å². The molecule has 0 atom stereocenters. The monoisotopic (exact) mass is 359 g/mol. The number of benzene rings is 1. The molecular weight excluding hydrogens is 350 g/mol. The number of hydrogen-bond acceptors (Lipinski definition) is 3. The largest absolute Gasteiger partial charge is 0.494 e. The van der Waals surface area contributed by atoms with E-state index in [1.807, 2.05) is 0 Å². The van der Waals surface area contributed by atoms with Gasteiger partial charge in [0.2, 0.25) is 0 Å². The fourth-order valence-corrected chi connectivity index (χ4v) is 2.53. The standard InChI is InChI=1S/C16H10ClF4NO2/c1-7-3-9(23-2)15(19)13(14(7)18)16(20,21)11-4-8-5-12(17)22-6-10(8)24-11/h3-6H,1-2H3. The quantitative estimate of drug-likeness (QED) is 0.475. The first-order chi connectivity index (χ1) is 11.3. The van der Waals surface area contributed by atoms with Gasteiger partial charge in [-0.3, -0.25) is 0 Å². The van der Waals surface area contributed by atoms with E-state index in [4.69, 9.17) is 20.8 Å². The number of methoxy groups -OCH3 is 1. The highest BCUT2D eigenvalue weighted by Gasteiger charge is 2.44. The van der Waals surface area contributed by atoms with Gasteiger partial charge in [-0.05, 0) is 30.7 Å². The minimum absolute atomic E-state index is 0.0227. The molecule has 0 bridgehead atoms. The average molecular weight is 360 g/mol. The molecule has 0 aliphatic heterocycles. The van der Waals surface area contributed by atoms with E-state index in [0.717, 1.165) is 25.4 Å². The van der Waals surface area contributed by atoms with Crippen molar-refractivity contribution in [3.8, 4) is 5.75 Å². The highest BCUT2D eigenvalue weighted by molar-refractivity contribution is 6.30. The lowest BCUT2D eigenvalue weighted by Crippen LogP contribution is -2.20. The van der Waals surface area contributed by atoms with Crippen LogP contribution < -0.4 is 4.74 Å². The number of pyridine rings is 1. The smallest absolute Gasteiger partial charge is 0.335 e. The molecule has 0 amide bonds. The second-order valence-electron chi connectivity index (χ2n) is 5.13. The summed E-state index contributed by atoms with van der Waals surface area (Å²) in [5, 5.41) is 0.317. The molecule has 0 N–H and O–H groups in total. The van der Waals surface area contributed by atoms with Crippen LogP contribution in [0.1, 0.15) is 16.9 Å². The van der Waals surface area contributed by atoms with E-state index in [1.54, 1.807) is 0 Å². The number of alkyl halides is 2. The summed E-state index contributed by atoms with van der Waals surface area (Å²) >= 11 is 5.69. The summed E-state index contributed by atoms with van der Waals surface area (Å²) in [5.41, 5.74) is -1.59. The maximum Gasteiger partial charge on any atom is 0.335 e. The van der Waals surface area contributed by atoms with Gasteiger partial charge in [-0.15, -0.1) is 0 Å². The summed E-state index contributed by atoms with van der Waals surface area (Å²) in [6.07, 6.45) is 1.15. The van der Waals surface area contributed by atoms with Crippen molar-refractivity contribution in [3.63, 3.8) is 0 Å². The molecule has 0 fully saturated rings. The van der Waals surface area contributed by atoms with Crippen molar-refractivity contribution in [1.29, 1.82) is 0 Å². The number of nitrogens with zero attached hydrogens (tertiary/aromatic N) is 1. The van der Waals surface area contributed by atoms with Gasteiger partial charge in [0, 0.05) is 5.39 Å². The van der Waals surface area contributed by atoms with Gasteiger partial charge < -0.3 is 9.15 Å². The molecule has 8 heteroatoms. The molecule has 1 aromatic carbocycles. The molecule has 2 aromatic heterocycles. The molecule has 0 aliphatic carbocycles. The molecule has 0 saturated carbocycles. The number of furan rings is 1. The number of aryl methyl sites for hydroxylation is 1. The molecule has 24 heavy (non-hydrogen) atoms. The number of hydrogen-bond donors (Lipinski definition) is 0. The Hall–Kier alpha value is -2.28. The van der Waals surface area contributed by atoms with Crippen LogP contribution in [0.4, 0.5) is 17.6 Å². The van der Waals surface area contributed by atoms with Crippen LogP contribution in [0.3, 0.4) is 0 Å². The van der Waals surface area contributed by atoms with E-state index in [9.17, 15) is 17.6 Å². The van der Waals surface area contributed by atoms with E-state index >= 15 is 0 Å². The number of fused-ring (bicyclic) bond motifs is 1. The summed E-state index contributed by atoms with van der Waals surface area (Å²) < 4.78 is 67.8. The number of rotatable bonds is 3. The van der Waals surface area contributed by atoms with Gasteiger partial charge in [0.25, 0.3) is 0 Å². The Labute approximate surface area is 138 Å². The van der Waals surface area contributed by atoms with Crippen LogP contribution in [0.25, 0.3) is 11.0 Å². The molecule has 0 spiro atoms. The van der Waals surface area contributed by atoms with Crippen molar-refractivity contribution >= 4 is 22.6 Å². The summed E-state index contributed by atoms with van der Waals surface area (Å²) in [7, 11) is 1.10. The number of halogens is 5. The zero-order chi connectivity index (χ0) is 17.6. The highest BCUT2D eigenvalue weighted by Crippen LogP contribution is 2.43. The summed E-state index contributed by atoms with van der Waals surface area (Å²) in [6, 6.07) is 3.28. The lowest BCUT2D eigenvalue weighted by Gasteiger charge is -2.18. The minimum Gasteiger partial charge on any atom is -0.494 e. The average Bonchev–Trinajstić information content (AvgIpc) is 2.94. The predicted octanol–water partition coefficient (Wildman–Crippen LogP) is 5.22. The molecule has 3 nitrogen and oxygen atoms in total. The van der Waals surface area contributed by atoms with Crippen molar-refractivity contribution in [3.05, 3.63) is 58.1 Å². The Morgan fingerprint density at radius 3 is 2.54 bits per heavy atom. The molecule has 0 saturated heterocycles. The molecule has 0 unspecified atom stereocenters. The zero-order valence-electron chi connectivity index (χ0n) is 12.5. The Kier molecular flexibility index (Phi) is 3.91. The third kappa shape index (κ3) is 2.49. The third-order valence-electron chi connectivity index (χ3n) is 3.56. The molecule has 3 aromatic rings.